The van der Waals surface area contributed by atoms with Crippen molar-refractivity contribution in [3.8, 4) is 0 Å². The maximum atomic E-state index is 6.37. The van der Waals surface area contributed by atoms with E-state index in [4.69, 9.17) is 10.3 Å². The van der Waals surface area contributed by atoms with Gasteiger partial charge in [0.2, 0.25) is 6.39 Å². The zero-order valence-corrected chi connectivity index (χ0v) is 9.44. The minimum Gasteiger partial charge on any atom is -0.343 e. The SMILES string of the molecule is CC(C)C1CCCC(N)(c2ncon2)C1. The Hall–Kier alpha value is -0.900. The lowest BCUT2D eigenvalue weighted by atomic mass is 9.72. The molecule has 0 saturated heterocycles. The second kappa shape index (κ2) is 3.93. The van der Waals surface area contributed by atoms with Gasteiger partial charge in [0, 0.05) is 0 Å². The van der Waals surface area contributed by atoms with Gasteiger partial charge in [0.1, 0.15) is 0 Å². The van der Waals surface area contributed by atoms with E-state index in [0.717, 1.165) is 19.3 Å². The molecule has 0 aliphatic heterocycles. The molecule has 1 aromatic rings. The maximum Gasteiger partial charge on any atom is 0.213 e. The van der Waals surface area contributed by atoms with Crippen molar-refractivity contribution < 1.29 is 4.52 Å². The number of hydrogen-bond acceptors (Lipinski definition) is 4. The smallest absolute Gasteiger partial charge is 0.213 e. The fourth-order valence-electron chi connectivity index (χ4n) is 2.51. The molecule has 1 aliphatic carbocycles. The zero-order chi connectivity index (χ0) is 10.9. The summed E-state index contributed by atoms with van der Waals surface area (Å²) in [4.78, 5) is 4.10. The zero-order valence-electron chi connectivity index (χ0n) is 9.44. The average molecular weight is 209 g/mol. The minimum absolute atomic E-state index is 0.361. The highest BCUT2D eigenvalue weighted by Crippen LogP contribution is 2.39. The van der Waals surface area contributed by atoms with E-state index in [0.29, 0.717) is 17.7 Å². The van der Waals surface area contributed by atoms with Gasteiger partial charge < -0.3 is 10.3 Å². The lowest BCUT2D eigenvalue weighted by molar-refractivity contribution is 0.173. The normalized spacial score (nSPS) is 32.1. The molecule has 1 fully saturated rings. The van der Waals surface area contributed by atoms with Crippen molar-refractivity contribution in [1.29, 1.82) is 0 Å². The monoisotopic (exact) mass is 209 g/mol. The van der Waals surface area contributed by atoms with Crippen LogP contribution in [0.15, 0.2) is 10.9 Å². The fraction of sp³-hybridized carbons (Fsp3) is 0.818. The van der Waals surface area contributed by atoms with E-state index in [9.17, 15) is 0 Å². The lowest BCUT2D eigenvalue weighted by Gasteiger charge is -2.37. The van der Waals surface area contributed by atoms with Crippen LogP contribution in [0.2, 0.25) is 0 Å². The summed E-state index contributed by atoms with van der Waals surface area (Å²) in [6, 6.07) is 0. The summed E-state index contributed by atoms with van der Waals surface area (Å²) in [6.45, 7) is 4.51. The molecule has 4 nitrogen and oxygen atoms in total. The molecule has 0 spiro atoms. The summed E-state index contributed by atoms with van der Waals surface area (Å²) in [6.07, 6.45) is 5.74. The standard InChI is InChI=1S/C11H19N3O/c1-8(2)9-4-3-5-11(12,6-9)10-13-7-15-14-10/h7-9H,3-6,12H2,1-2H3. The Kier molecular flexibility index (Phi) is 2.78. The van der Waals surface area contributed by atoms with Crippen molar-refractivity contribution in [1.82, 2.24) is 10.1 Å². The summed E-state index contributed by atoms with van der Waals surface area (Å²) in [5.74, 6) is 2.04. The molecule has 4 heteroatoms. The van der Waals surface area contributed by atoms with Crippen molar-refractivity contribution >= 4 is 0 Å². The summed E-state index contributed by atoms with van der Waals surface area (Å²) in [5, 5.41) is 3.89. The van der Waals surface area contributed by atoms with Crippen LogP contribution in [-0.4, -0.2) is 10.1 Å². The van der Waals surface area contributed by atoms with Crippen LogP contribution < -0.4 is 5.73 Å². The Morgan fingerprint density at radius 3 is 3.00 bits per heavy atom. The summed E-state index contributed by atoms with van der Waals surface area (Å²) in [7, 11) is 0. The first-order chi connectivity index (χ1) is 7.12. The van der Waals surface area contributed by atoms with E-state index in [1.807, 2.05) is 0 Å². The van der Waals surface area contributed by atoms with Crippen molar-refractivity contribution in [2.75, 3.05) is 0 Å². The molecule has 1 aromatic heterocycles. The van der Waals surface area contributed by atoms with Crippen LogP contribution in [0.4, 0.5) is 0 Å². The van der Waals surface area contributed by atoms with E-state index in [2.05, 4.69) is 24.0 Å². The summed E-state index contributed by atoms with van der Waals surface area (Å²) >= 11 is 0. The predicted molar refractivity (Wildman–Crippen MR) is 57.0 cm³/mol. The Bertz CT molecular complexity index is 310. The highest BCUT2D eigenvalue weighted by Gasteiger charge is 2.38. The van der Waals surface area contributed by atoms with Crippen LogP contribution in [0.3, 0.4) is 0 Å². The predicted octanol–water partition coefficient (Wildman–Crippen LogP) is 2.07. The second-order valence-electron chi connectivity index (χ2n) is 5.01. The number of hydrogen-bond donors (Lipinski definition) is 1. The molecule has 0 bridgehead atoms. The fourth-order valence-corrected chi connectivity index (χ4v) is 2.51. The van der Waals surface area contributed by atoms with Gasteiger partial charge >= 0.3 is 0 Å². The first-order valence-corrected chi connectivity index (χ1v) is 5.67. The van der Waals surface area contributed by atoms with Gasteiger partial charge in [-0.15, -0.1) is 0 Å². The highest BCUT2D eigenvalue weighted by molar-refractivity contribution is 5.04. The maximum absolute atomic E-state index is 6.37. The van der Waals surface area contributed by atoms with Crippen molar-refractivity contribution in [3.63, 3.8) is 0 Å². The van der Waals surface area contributed by atoms with Crippen LogP contribution in [0.1, 0.15) is 45.4 Å². The van der Waals surface area contributed by atoms with Gasteiger partial charge in [0.15, 0.2) is 5.82 Å². The Morgan fingerprint density at radius 1 is 1.60 bits per heavy atom. The van der Waals surface area contributed by atoms with Gasteiger partial charge in [-0.3, -0.25) is 0 Å². The summed E-state index contributed by atoms with van der Waals surface area (Å²) < 4.78 is 4.79. The molecule has 1 saturated carbocycles. The van der Waals surface area contributed by atoms with E-state index in [-0.39, 0.29) is 5.54 Å². The Balaban J connectivity index is 2.15. The molecule has 2 rings (SSSR count). The van der Waals surface area contributed by atoms with Crippen molar-refractivity contribution in [3.05, 3.63) is 12.2 Å². The molecular weight excluding hydrogens is 190 g/mol. The lowest BCUT2D eigenvalue weighted by Crippen LogP contribution is -2.43. The van der Waals surface area contributed by atoms with E-state index >= 15 is 0 Å². The number of nitrogens with zero attached hydrogens (tertiary/aromatic N) is 2. The van der Waals surface area contributed by atoms with Crippen LogP contribution in [-0.2, 0) is 5.54 Å². The third-order valence-electron chi connectivity index (χ3n) is 3.57. The largest absolute Gasteiger partial charge is 0.343 e. The van der Waals surface area contributed by atoms with Crippen LogP contribution >= 0.6 is 0 Å². The first-order valence-electron chi connectivity index (χ1n) is 5.67. The highest BCUT2D eigenvalue weighted by atomic mass is 16.5. The molecule has 2 atom stereocenters. The topological polar surface area (TPSA) is 64.9 Å². The molecule has 1 aliphatic rings. The summed E-state index contributed by atoms with van der Waals surface area (Å²) in [5.41, 5.74) is 6.01. The molecule has 15 heavy (non-hydrogen) atoms. The molecule has 0 radical (unpaired) electrons. The molecule has 84 valence electrons. The van der Waals surface area contributed by atoms with Gasteiger partial charge in [0.05, 0.1) is 5.54 Å². The van der Waals surface area contributed by atoms with Crippen molar-refractivity contribution in [2.24, 2.45) is 17.6 Å². The average Bonchev–Trinajstić information content (AvgIpc) is 2.71. The Labute approximate surface area is 90.2 Å². The van der Waals surface area contributed by atoms with Gasteiger partial charge in [-0.25, -0.2) is 0 Å². The van der Waals surface area contributed by atoms with Gasteiger partial charge in [-0.2, -0.15) is 4.98 Å². The molecule has 2 unspecified atom stereocenters. The number of aromatic nitrogens is 2. The first kappa shape index (κ1) is 10.6. The molecular formula is C11H19N3O. The molecule has 2 N–H and O–H groups in total. The molecule has 1 heterocycles. The quantitative estimate of drug-likeness (QED) is 0.809. The third kappa shape index (κ3) is 2.04. The molecule has 0 aromatic carbocycles. The number of nitrogens with two attached hydrogens (primary N) is 1. The number of rotatable bonds is 2. The minimum atomic E-state index is -0.361. The second-order valence-corrected chi connectivity index (χ2v) is 5.01. The molecule has 0 amide bonds. The van der Waals surface area contributed by atoms with Gasteiger partial charge in [-0.1, -0.05) is 31.8 Å². The van der Waals surface area contributed by atoms with Gasteiger partial charge in [0.25, 0.3) is 0 Å². The Morgan fingerprint density at radius 2 is 2.40 bits per heavy atom. The van der Waals surface area contributed by atoms with Crippen LogP contribution in [0, 0.1) is 11.8 Å². The van der Waals surface area contributed by atoms with Crippen LogP contribution in [0.5, 0.6) is 0 Å². The van der Waals surface area contributed by atoms with Gasteiger partial charge in [-0.05, 0) is 24.7 Å². The van der Waals surface area contributed by atoms with Crippen LogP contribution in [0.25, 0.3) is 0 Å². The third-order valence-corrected chi connectivity index (χ3v) is 3.57. The van der Waals surface area contributed by atoms with E-state index in [1.165, 1.54) is 12.8 Å². The van der Waals surface area contributed by atoms with E-state index in [1.54, 1.807) is 0 Å². The van der Waals surface area contributed by atoms with E-state index < -0.39 is 0 Å². The van der Waals surface area contributed by atoms with Crippen molar-refractivity contribution in [2.45, 2.75) is 45.1 Å².